The van der Waals surface area contributed by atoms with Crippen molar-refractivity contribution in [3.8, 4) is 0 Å². The highest BCUT2D eigenvalue weighted by Gasteiger charge is 2.14. The fourth-order valence-electron chi connectivity index (χ4n) is 1.84. The summed E-state index contributed by atoms with van der Waals surface area (Å²) in [6, 6.07) is 11.5. The van der Waals surface area contributed by atoms with Crippen LogP contribution in [-0.4, -0.2) is 20.6 Å². The molecular formula is C15H15ClN2O3S. The first-order valence-corrected chi connectivity index (χ1v) is 8.67. The molecule has 0 aliphatic carbocycles. The quantitative estimate of drug-likeness (QED) is 0.898. The number of carbonyl (C=O) groups excluding carboxylic acids is 1. The Morgan fingerprint density at radius 3 is 2.45 bits per heavy atom. The van der Waals surface area contributed by atoms with Crippen LogP contribution in [-0.2, 0) is 10.0 Å². The zero-order valence-corrected chi connectivity index (χ0v) is 13.6. The number of anilines is 2. The first-order valence-electron chi connectivity index (χ1n) is 6.40. The van der Waals surface area contributed by atoms with Gasteiger partial charge in [-0.05, 0) is 36.8 Å². The van der Waals surface area contributed by atoms with Gasteiger partial charge in [0.05, 0.1) is 17.5 Å². The molecule has 0 aliphatic rings. The van der Waals surface area contributed by atoms with E-state index in [0.29, 0.717) is 10.7 Å². The van der Waals surface area contributed by atoms with E-state index >= 15 is 0 Å². The Bertz CT molecular complexity index is 819. The normalized spacial score (nSPS) is 11.0. The van der Waals surface area contributed by atoms with Crippen molar-refractivity contribution in [3.63, 3.8) is 0 Å². The number of rotatable bonds is 4. The Labute approximate surface area is 134 Å². The van der Waals surface area contributed by atoms with Crippen LogP contribution in [0, 0.1) is 6.92 Å². The van der Waals surface area contributed by atoms with Gasteiger partial charge >= 0.3 is 0 Å². The van der Waals surface area contributed by atoms with E-state index in [0.717, 1.165) is 11.8 Å². The molecule has 0 aromatic heterocycles. The highest BCUT2D eigenvalue weighted by Crippen LogP contribution is 2.22. The number of para-hydroxylation sites is 1. The van der Waals surface area contributed by atoms with Gasteiger partial charge in [-0.1, -0.05) is 29.8 Å². The summed E-state index contributed by atoms with van der Waals surface area (Å²) >= 11 is 6.02. The molecule has 0 bridgehead atoms. The highest BCUT2D eigenvalue weighted by atomic mass is 35.5. The minimum Gasteiger partial charge on any atom is -0.322 e. The van der Waals surface area contributed by atoms with E-state index in [1.54, 1.807) is 36.4 Å². The molecule has 0 atom stereocenters. The van der Waals surface area contributed by atoms with E-state index in [1.165, 1.54) is 6.07 Å². The van der Waals surface area contributed by atoms with Crippen LogP contribution in [0.15, 0.2) is 42.5 Å². The average Bonchev–Trinajstić information content (AvgIpc) is 2.41. The van der Waals surface area contributed by atoms with Crippen LogP contribution in [0.2, 0.25) is 5.02 Å². The molecule has 2 aromatic rings. The third-order valence-corrected chi connectivity index (χ3v) is 3.89. The Morgan fingerprint density at radius 1 is 1.14 bits per heavy atom. The van der Waals surface area contributed by atoms with E-state index in [9.17, 15) is 13.2 Å². The van der Waals surface area contributed by atoms with Crippen molar-refractivity contribution >= 4 is 38.9 Å². The van der Waals surface area contributed by atoms with E-state index < -0.39 is 15.9 Å². The molecule has 2 aromatic carbocycles. The number of benzene rings is 2. The lowest BCUT2D eigenvalue weighted by molar-refractivity contribution is 0.102. The van der Waals surface area contributed by atoms with Gasteiger partial charge < -0.3 is 5.32 Å². The van der Waals surface area contributed by atoms with Gasteiger partial charge in [-0.3, -0.25) is 9.52 Å². The Morgan fingerprint density at radius 2 is 1.82 bits per heavy atom. The Hall–Kier alpha value is -2.05. The number of halogens is 1. The molecule has 7 heteroatoms. The summed E-state index contributed by atoms with van der Waals surface area (Å²) in [7, 11) is -3.47. The summed E-state index contributed by atoms with van der Waals surface area (Å²) < 4.78 is 25.0. The lowest BCUT2D eigenvalue weighted by Crippen LogP contribution is -2.17. The largest absolute Gasteiger partial charge is 0.322 e. The van der Waals surface area contributed by atoms with E-state index in [4.69, 9.17) is 11.6 Å². The lowest BCUT2D eigenvalue weighted by Gasteiger charge is -2.11. The summed E-state index contributed by atoms with van der Waals surface area (Å²) in [5.41, 5.74) is 1.89. The topological polar surface area (TPSA) is 75.3 Å². The second kappa shape index (κ2) is 6.37. The van der Waals surface area contributed by atoms with Gasteiger partial charge in [0.1, 0.15) is 0 Å². The number of hydrogen-bond donors (Lipinski definition) is 2. The van der Waals surface area contributed by atoms with E-state index in [2.05, 4.69) is 10.0 Å². The van der Waals surface area contributed by atoms with Crippen LogP contribution in [0.5, 0.6) is 0 Å². The van der Waals surface area contributed by atoms with Crippen molar-refractivity contribution in [2.24, 2.45) is 0 Å². The molecule has 5 nitrogen and oxygen atoms in total. The Balaban J connectivity index is 2.28. The standard InChI is InChI=1S/C15H15ClN2O3S/c1-10-7-8-11(9-13(10)16)17-15(19)12-5-3-4-6-14(12)18-22(2,20)21/h3-9,18H,1-2H3,(H,17,19). The van der Waals surface area contributed by atoms with E-state index in [1.807, 2.05) is 6.92 Å². The summed E-state index contributed by atoms with van der Waals surface area (Å²) in [6.45, 7) is 1.86. The molecule has 0 unspecified atom stereocenters. The van der Waals surface area contributed by atoms with Crippen molar-refractivity contribution in [2.75, 3.05) is 16.3 Å². The van der Waals surface area contributed by atoms with Gasteiger partial charge in [-0.2, -0.15) is 0 Å². The molecule has 2 rings (SSSR count). The second-order valence-electron chi connectivity index (χ2n) is 4.84. The number of carbonyl (C=O) groups is 1. The van der Waals surface area contributed by atoms with Gasteiger partial charge in [0.2, 0.25) is 10.0 Å². The van der Waals surface area contributed by atoms with Gasteiger partial charge in [0.15, 0.2) is 0 Å². The van der Waals surface area contributed by atoms with Crippen LogP contribution in [0.4, 0.5) is 11.4 Å². The van der Waals surface area contributed by atoms with Crippen molar-refractivity contribution in [2.45, 2.75) is 6.92 Å². The molecule has 0 radical (unpaired) electrons. The number of nitrogens with one attached hydrogen (secondary N) is 2. The number of hydrogen-bond acceptors (Lipinski definition) is 3. The summed E-state index contributed by atoms with van der Waals surface area (Å²) in [4.78, 5) is 12.3. The number of amides is 1. The zero-order chi connectivity index (χ0) is 16.3. The second-order valence-corrected chi connectivity index (χ2v) is 6.99. The summed E-state index contributed by atoms with van der Waals surface area (Å²) in [5.74, 6) is -0.424. The number of aryl methyl sites for hydroxylation is 1. The van der Waals surface area contributed by atoms with Crippen LogP contribution in [0.25, 0.3) is 0 Å². The van der Waals surface area contributed by atoms with Crippen LogP contribution < -0.4 is 10.0 Å². The van der Waals surface area contributed by atoms with E-state index in [-0.39, 0.29) is 11.3 Å². The maximum absolute atomic E-state index is 12.3. The molecular weight excluding hydrogens is 324 g/mol. The minimum absolute atomic E-state index is 0.223. The molecule has 0 saturated heterocycles. The molecule has 0 saturated carbocycles. The van der Waals surface area contributed by atoms with Crippen molar-refractivity contribution < 1.29 is 13.2 Å². The van der Waals surface area contributed by atoms with Gasteiger partial charge in [0.25, 0.3) is 5.91 Å². The molecule has 0 fully saturated rings. The van der Waals surface area contributed by atoms with Crippen molar-refractivity contribution in [3.05, 3.63) is 58.6 Å². The van der Waals surface area contributed by atoms with Crippen LogP contribution >= 0.6 is 11.6 Å². The Kier molecular flexibility index (Phi) is 4.73. The third-order valence-electron chi connectivity index (χ3n) is 2.90. The number of sulfonamides is 1. The maximum atomic E-state index is 12.3. The van der Waals surface area contributed by atoms with Crippen LogP contribution in [0.3, 0.4) is 0 Å². The smallest absolute Gasteiger partial charge is 0.257 e. The highest BCUT2D eigenvalue weighted by molar-refractivity contribution is 7.92. The average molecular weight is 339 g/mol. The first-order chi connectivity index (χ1) is 10.3. The summed E-state index contributed by atoms with van der Waals surface area (Å²) in [6.07, 6.45) is 1.03. The van der Waals surface area contributed by atoms with Crippen molar-refractivity contribution in [1.82, 2.24) is 0 Å². The molecule has 0 heterocycles. The molecule has 116 valence electrons. The molecule has 0 spiro atoms. The molecule has 2 N–H and O–H groups in total. The third kappa shape index (κ3) is 4.22. The predicted molar refractivity (Wildman–Crippen MR) is 89.1 cm³/mol. The molecule has 0 aliphatic heterocycles. The predicted octanol–water partition coefficient (Wildman–Crippen LogP) is 3.27. The fraction of sp³-hybridized carbons (Fsp3) is 0.133. The fourth-order valence-corrected chi connectivity index (χ4v) is 2.60. The van der Waals surface area contributed by atoms with Crippen LogP contribution in [0.1, 0.15) is 15.9 Å². The maximum Gasteiger partial charge on any atom is 0.257 e. The van der Waals surface area contributed by atoms with Crippen molar-refractivity contribution in [1.29, 1.82) is 0 Å². The molecule has 1 amide bonds. The minimum atomic E-state index is -3.47. The van der Waals surface area contributed by atoms with Gasteiger partial charge in [-0.15, -0.1) is 0 Å². The molecule has 22 heavy (non-hydrogen) atoms. The first kappa shape index (κ1) is 16.3. The van der Waals surface area contributed by atoms with Gasteiger partial charge in [-0.25, -0.2) is 8.42 Å². The SMILES string of the molecule is Cc1ccc(NC(=O)c2ccccc2NS(C)(=O)=O)cc1Cl. The van der Waals surface area contributed by atoms with Gasteiger partial charge in [0, 0.05) is 10.7 Å². The zero-order valence-electron chi connectivity index (χ0n) is 12.1. The lowest BCUT2D eigenvalue weighted by atomic mass is 10.1. The summed E-state index contributed by atoms with van der Waals surface area (Å²) in [5, 5.41) is 3.24. The monoisotopic (exact) mass is 338 g/mol.